The molecule has 16 heteroatoms. The van der Waals surface area contributed by atoms with Crippen molar-refractivity contribution in [2.24, 2.45) is 5.10 Å². The molecule has 3 heterocycles. The molecule has 1 saturated heterocycles. The van der Waals surface area contributed by atoms with E-state index in [1.807, 2.05) is 0 Å². The van der Waals surface area contributed by atoms with Crippen LogP contribution in [0.15, 0.2) is 32.6 Å². The Morgan fingerprint density at radius 2 is 2.15 bits per heavy atom. The molecule has 174 valence electrons. The molecule has 4 rings (SSSR count). The van der Waals surface area contributed by atoms with E-state index in [2.05, 4.69) is 41.4 Å². The molecular formula is C17H17BrN8O7. The maximum Gasteiger partial charge on any atom is 0.284 e. The molecule has 33 heavy (non-hydrogen) atoms. The number of ether oxygens (including phenoxy) is 1. The number of hydrazone groups is 1. The van der Waals surface area contributed by atoms with Gasteiger partial charge in [0.05, 0.1) is 22.2 Å². The normalized spacial score (nSPS) is 22.9. The van der Waals surface area contributed by atoms with Crippen LogP contribution in [0, 0.1) is 10.1 Å². The van der Waals surface area contributed by atoms with Gasteiger partial charge in [-0.15, -0.1) is 0 Å². The van der Waals surface area contributed by atoms with Crippen molar-refractivity contribution in [3.8, 4) is 0 Å². The molecule has 7 N–H and O–H groups in total. The van der Waals surface area contributed by atoms with Gasteiger partial charge in [0.2, 0.25) is 11.9 Å². The Bertz CT molecular complexity index is 1310. The van der Waals surface area contributed by atoms with Crippen molar-refractivity contribution in [2.45, 2.75) is 24.5 Å². The van der Waals surface area contributed by atoms with Gasteiger partial charge < -0.3 is 25.8 Å². The van der Waals surface area contributed by atoms with E-state index in [0.29, 0.717) is 10.0 Å². The minimum absolute atomic E-state index is 0.0666. The number of nitro benzene ring substituents is 1. The number of H-pyrrole nitrogens is 1. The summed E-state index contributed by atoms with van der Waals surface area (Å²) in [6.07, 6.45) is -4.03. The molecule has 0 radical (unpaired) electrons. The molecule has 15 nitrogen and oxygen atoms in total. The number of nitrogens with two attached hydrogens (primary N) is 1. The predicted octanol–water partition coefficient (Wildman–Crippen LogP) is -0.570. The molecule has 1 aromatic carbocycles. The van der Waals surface area contributed by atoms with E-state index in [4.69, 9.17) is 10.5 Å². The second-order valence-electron chi connectivity index (χ2n) is 7.00. The fourth-order valence-electron chi connectivity index (χ4n) is 3.33. The third kappa shape index (κ3) is 4.16. The highest BCUT2D eigenvalue weighted by molar-refractivity contribution is 9.10. The Kier molecular flexibility index (Phi) is 6.09. The van der Waals surface area contributed by atoms with E-state index in [1.165, 1.54) is 22.9 Å². The molecule has 0 unspecified atom stereocenters. The quantitative estimate of drug-likeness (QED) is 0.136. The third-order valence-electron chi connectivity index (χ3n) is 4.89. The van der Waals surface area contributed by atoms with Gasteiger partial charge in [0.1, 0.15) is 18.3 Å². The highest BCUT2D eigenvalue weighted by Crippen LogP contribution is 2.34. The van der Waals surface area contributed by atoms with Crippen LogP contribution in [-0.2, 0) is 4.74 Å². The number of rotatable bonds is 6. The van der Waals surface area contributed by atoms with Gasteiger partial charge in [-0.1, -0.05) is 6.07 Å². The summed E-state index contributed by atoms with van der Waals surface area (Å²) in [4.78, 5) is 33.3. The van der Waals surface area contributed by atoms with Crippen LogP contribution in [0.3, 0.4) is 0 Å². The molecular weight excluding hydrogens is 508 g/mol. The summed E-state index contributed by atoms with van der Waals surface area (Å²) in [5, 5.41) is 45.1. The summed E-state index contributed by atoms with van der Waals surface area (Å²) < 4.78 is 7.01. The Morgan fingerprint density at radius 1 is 1.39 bits per heavy atom. The van der Waals surface area contributed by atoms with Crippen molar-refractivity contribution >= 4 is 50.9 Å². The number of nitro groups is 1. The highest BCUT2D eigenvalue weighted by Gasteiger charge is 2.45. The molecule has 1 aliphatic rings. The van der Waals surface area contributed by atoms with Crippen molar-refractivity contribution in [2.75, 3.05) is 17.8 Å². The largest absolute Gasteiger partial charge is 0.394 e. The van der Waals surface area contributed by atoms with Crippen molar-refractivity contribution in [1.82, 2.24) is 19.5 Å². The van der Waals surface area contributed by atoms with Gasteiger partial charge in [-0.2, -0.15) is 10.1 Å². The first-order valence-electron chi connectivity index (χ1n) is 9.34. The number of aromatic nitrogens is 4. The number of aromatic amines is 1. The number of benzene rings is 1. The maximum absolute atomic E-state index is 12.3. The van der Waals surface area contributed by atoms with Crippen molar-refractivity contribution in [3.05, 3.63) is 48.7 Å². The lowest BCUT2D eigenvalue weighted by molar-refractivity contribution is -0.385. The lowest BCUT2D eigenvalue weighted by atomic mass is 10.1. The number of nitrogens with one attached hydrogen (secondary N) is 2. The van der Waals surface area contributed by atoms with Crippen LogP contribution in [0.2, 0.25) is 0 Å². The standard InChI is InChI=1S/C17H17BrN8O7/c18-7-2-1-6(3-8(7)26(31)32)4-20-24-17-21-10-13(22-16(19)23-14(10)30)25(17)15-12(29)11(28)9(5-27)33-15/h1-4,9,11-12,15,27-29H,5H2,(H,21,24)(H3,19,22,23,30)/b20-4+/t9-,11-,12+,15-/m1/s1. The van der Waals surface area contributed by atoms with Crippen LogP contribution in [0.1, 0.15) is 11.8 Å². The topological polar surface area (TPSA) is 227 Å². The number of fused-ring (bicyclic) bond motifs is 1. The Hall–Kier alpha value is -3.44. The monoisotopic (exact) mass is 524 g/mol. The lowest BCUT2D eigenvalue weighted by Gasteiger charge is -2.18. The zero-order valence-corrected chi connectivity index (χ0v) is 18.1. The molecule has 1 fully saturated rings. The van der Waals surface area contributed by atoms with Gasteiger partial charge in [-0.05, 0) is 22.0 Å². The summed E-state index contributed by atoms with van der Waals surface area (Å²) in [7, 11) is 0. The fraction of sp³-hybridized carbons (Fsp3) is 0.294. The number of nitrogen functional groups attached to an aromatic ring is 1. The van der Waals surface area contributed by atoms with Gasteiger partial charge in [0.15, 0.2) is 17.4 Å². The number of hydrogen-bond acceptors (Lipinski definition) is 12. The SMILES string of the molecule is Nc1nc2c(nc(N/N=C/c3ccc(Br)c([N+](=O)[O-])c3)n2[C@@H]2O[C@H](CO)[C@@H](O)[C@@H]2O)c(=O)[nH]1. The van der Waals surface area contributed by atoms with Crippen LogP contribution in [0.5, 0.6) is 0 Å². The van der Waals surface area contributed by atoms with E-state index in [0.717, 1.165) is 0 Å². The number of hydrogen-bond donors (Lipinski definition) is 6. The number of anilines is 2. The number of aliphatic hydroxyl groups is 3. The average molecular weight is 525 g/mol. The summed E-state index contributed by atoms with van der Waals surface area (Å²) in [6.45, 7) is -0.569. The van der Waals surface area contributed by atoms with E-state index in [-0.39, 0.29) is 28.7 Å². The summed E-state index contributed by atoms with van der Waals surface area (Å²) in [5.41, 5.74) is 7.54. The lowest BCUT2D eigenvalue weighted by Crippen LogP contribution is -2.33. The van der Waals surface area contributed by atoms with Gasteiger partial charge in [-0.3, -0.25) is 24.5 Å². The molecule has 1 aliphatic heterocycles. The molecule has 0 aliphatic carbocycles. The molecule has 3 aromatic rings. The number of halogens is 1. The van der Waals surface area contributed by atoms with E-state index in [1.54, 1.807) is 6.07 Å². The highest BCUT2D eigenvalue weighted by atomic mass is 79.9. The molecule has 4 atom stereocenters. The second kappa shape index (κ2) is 8.83. The Labute approximate surface area is 191 Å². The van der Waals surface area contributed by atoms with Crippen molar-refractivity contribution in [3.63, 3.8) is 0 Å². The predicted molar refractivity (Wildman–Crippen MR) is 118 cm³/mol. The molecule has 0 bridgehead atoms. The molecule has 0 spiro atoms. The first-order chi connectivity index (χ1) is 15.7. The first kappa shape index (κ1) is 22.7. The molecule has 2 aromatic heterocycles. The minimum atomic E-state index is -1.50. The van der Waals surface area contributed by atoms with E-state index < -0.39 is 41.6 Å². The van der Waals surface area contributed by atoms with Gasteiger partial charge in [0.25, 0.3) is 11.2 Å². The number of nitrogens with zero attached hydrogens (tertiary/aromatic N) is 5. The van der Waals surface area contributed by atoms with Crippen molar-refractivity contribution < 1.29 is 25.0 Å². The fourth-order valence-corrected chi connectivity index (χ4v) is 3.72. The first-order valence-corrected chi connectivity index (χ1v) is 10.1. The van der Waals surface area contributed by atoms with Crippen molar-refractivity contribution in [1.29, 1.82) is 0 Å². The average Bonchev–Trinajstić information content (AvgIpc) is 3.26. The molecule has 0 amide bonds. The van der Waals surface area contributed by atoms with E-state index in [9.17, 15) is 30.2 Å². The van der Waals surface area contributed by atoms with Gasteiger partial charge >= 0.3 is 0 Å². The maximum atomic E-state index is 12.3. The van der Waals surface area contributed by atoms with Crippen LogP contribution >= 0.6 is 15.9 Å². The summed E-state index contributed by atoms with van der Waals surface area (Å²) >= 11 is 3.10. The van der Waals surface area contributed by atoms with Crippen LogP contribution in [-0.4, -0.2) is 70.9 Å². The van der Waals surface area contributed by atoms with Gasteiger partial charge in [-0.25, -0.2) is 10.4 Å². The number of imidazole rings is 1. The zero-order chi connectivity index (χ0) is 23.9. The summed E-state index contributed by atoms with van der Waals surface area (Å²) in [6, 6.07) is 4.35. The van der Waals surface area contributed by atoms with E-state index >= 15 is 0 Å². The second-order valence-corrected chi connectivity index (χ2v) is 7.85. The van der Waals surface area contributed by atoms with Crippen LogP contribution in [0.4, 0.5) is 17.6 Å². The molecule has 0 saturated carbocycles. The third-order valence-corrected chi connectivity index (χ3v) is 5.56. The Morgan fingerprint density at radius 3 is 2.82 bits per heavy atom. The van der Waals surface area contributed by atoms with Gasteiger partial charge in [0, 0.05) is 11.6 Å². The van der Waals surface area contributed by atoms with Crippen LogP contribution < -0.4 is 16.7 Å². The minimum Gasteiger partial charge on any atom is -0.394 e. The summed E-state index contributed by atoms with van der Waals surface area (Å²) in [5.74, 6) is -0.330. The number of aliphatic hydroxyl groups excluding tert-OH is 3. The Balaban J connectivity index is 1.74. The zero-order valence-electron chi connectivity index (χ0n) is 16.5. The van der Waals surface area contributed by atoms with Crippen LogP contribution in [0.25, 0.3) is 11.2 Å². The smallest absolute Gasteiger partial charge is 0.284 e.